The molecule has 2 heteroatoms. The second-order valence-electron chi connectivity index (χ2n) is 2.68. The summed E-state index contributed by atoms with van der Waals surface area (Å²) in [5.41, 5.74) is 0. The predicted molar refractivity (Wildman–Crippen MR) is 66.5 cm³/mol. The van der Waals surface area contributed by atoms with Gasteiger partial charge < -0.3 is 5.32 Å². The molecule has 1 N–H and O–H groups in total. The van der Waals surface area contributed by atoms with E-state index in [1.54, 1.807) is 12.4 Å². The molecule has 0 spiro atoms. The summed E-state index contributed by atoms with van der Waals surface area (Å²) in [5, 5.41) is 2.92. The van der Waals surface area contributed by atoms with Gasteiger partial charge >= 0.3 is 0 Å². The molecular formula is C13H14N2. The third kappa shape index (κ3) is 7.02. The number of rotatable bonds is 0. The Morgan fingerprint density at radius 1 is 0.600 bits per heavy atom. The first-order valence-corrected chi connectivity index (χ1v) is 4.76. The van der Waals surface area contributed by atoms with Gasteiger partial charge in [0.2, 0.25) is 0 Å². The molecular weight excluding hydrogens is 184 g/mol. The van der Waals surface area contributed by atoms with Gasteiger partial charge in [-0.25, -0.2) is 0 Å². The van der Waals surface area contributed by atoms with E-state index in [4.69, 9.17) is 0 Å². The molecule has 0 saturated heterocycles. The van der Waals surface area contributed by atoms with Crippen molar-refractivity contribution < 1.29 is 0 Å². The van der Waals surface area contributed by atoms with Crippen molar-refractivity contribution in [2.75, 3.05) is 0 Å². The van der Waals surface area contributed by atoms with E-state index in [0.717, 1.165) is 0 Å². The summed E-state index contributed by atoms with van der Waals surface area (Å²) in [6.45, 7) is 0. The molecule has 0 aromatic carbocycles. The van der Waals surface area contributed by atoms with Crippen LogP contribution in [-0.2, 0) is 0 Å². The lowest BCUT2D eigenvalue weighted by Crippen LogP contribution is -1.87. The highest BCUT2D eigenvalue weighted by Gasteiger charge is 1.67. The maximum Gasteiger partial charge on any atom is 0.0267 e. The Hall–Kier alpha value is -2.09. The summed E-state index contributed by atoms with van der Waals surface area (Å²) >= 11 is 0. The summed E-state index contributed by atoms with van der Waals surface area (Å²) in [5.74, 6) is 0. The SMILES string of the molecule is C1=CC=CN=CC=C1.C1=CC=CNC=C1. The zero-order valence-electron chi connectivity index (χ0n) is 8.45. The standard InChI is InChI=1S/C7H7N.C6H7N/c1-2-4-6-8-7-5-3-1;1-2-4-6-7-5-3-1/h1-7H;1-7H. The van der Waals surface area contributed by atoms with Crippen LogP contribution in [0.15, 0.2) is 78.3 Å². The maximum absolute atomic E-state index is 3.89. The van der Waals surface area contributed by atoms with Gasteiger partial charge in [-0.05, 0) is 24.3 Å². The first-order chi connectivity index (χ1) is 7.50. The van der Waals surface area contributed by atoms with Crippen molar-refractivity contribution in [3.8, 4) is 0 Å². The first kappa shape index (κ1) is 11.0. The van der Waals surface area contributed by atoms with Gasteiger partial charge in [-0.2, -0.15) is 0 Å². The molecule has 0 fully saturated rings. The van der Waals surface area contributed by atoms with E-state index < -0.39 is 0 Å². The van der Waals surface area contributed by atoms with Crippen molar-refractivity contribution in [3.05, 3.63) is 73.3 Å². The highest BCUT2D eigenvalue weighted by atomic mass is 14.8. The van der Waals surface area contributed by atoms with Gasteiger partial charge in [-0.15, -0.1) is 0 Å². The Labute approximate surface area is 90.4 Å². The van der Waals surface area contributed by atoms with Crippen LogP contribution in [0.5, 0.6) is 0 Å². The molecule has 0 saturated carbocycles. The Bertz CT molecular complexity index is 283. The van der Waals surface area contributed by atoms with Crippen molar-refractivity contribution in [3.63, 3.8) is 0 Å². The zero-order chi connectivity index (χ0) is 10.6. The molecule has 15 heavy (non-hydrogen) atoms. The van der Waals surface area contributed by atoms with Crippen LogP contribution < -0.4 is 5.32 Å². The maximum atomic E-state index is 3.89. The van der Waals surface area contributed by atoms with E-state index in [1.807, 2.05) is 67.1 Å². The predicted octanol–water partition coefficient (Wildman–Crippen LogP) is 2.87. The van der Waals surface area contributed by atoms with E-state index in [0.29, 0.717) is 0 Å². The average Bonchev–Trinajstić information content (AvgIpc) is 2.48. The molecule has 0 aliphatic carbocycles. The highest BCUT2D eigenvalue weighted by molar-refractivity contribution is 5.72. The minimum Gasteiger partial charge on any atom is -0.368 e. The van der Waals surface area contributed by atoms with Crippen LogP contribution >= 0.6 is 0 Å². The van der Waals surface area contributed by atoms with Gasteiger partial charge in [0.25, 0.3) is 0 Å². The van der Waals surface area contributed by atoms with Gasteiger partial charge in [-0.3, -0.25) is 4.99 Å². The second-order valence-corrected chi connectivity index (χ2v) is 2.68. The number of hydrogen-bond donors (Lipinski definition) is 1. The molecule has 2 nitrogen and oxygen atoms in total. The van der Waals surface area contributed by atoms with Crippen LogP contribution in [0.3, 0.4) is 0 Å². The lowest BCUT2D eigenvalue weighted by Gasteiger charge is -1.79. The second kappa shape index (κ2) is 8.51. The number of hydrogen-bond acceptors (Lipinski definition) is 2. The monoisotopic (exact) mass is 198 g/mol. The van der Waals surface area contributed by atoms with Crippen LogP contribution in [-0.4, -0.2) is 6.21 Å². The number of nitrogens with one attached hydrogen (secondary N) is 1. The molecule has 0 unspecified atom stereocenters. The molecule has 0 bridgehead atoms. The van der Waals surface area contributed by atoms with E-state index in [1.165, 1.54) is 0 Å². The molecule has 0 aromatic rings. The fourth-order valence-corrected chi connectivity index (χ4v) is 0.847. The van der Waals surface area contributed by atoms with Crippen LogP contribution in [0.2, 0.25) is 0 Å². The van der Waals surface area contributed by atoms with Crippen molar-refractivity contribution in [1.29, 1.82) is 0 Å². The Kier molecular flexibility index (Phi) is 6.23. The summed E-state index contributed by atoms with van der Waals surface area (Å²) < 4.78 is 0. The normalized spacial score (nSPS) is 16.0. The van der Waals surface area contributed by atoms with Crippen molar-refractivity contribution >= 4 is 6.21 Å². The third-order valence-electron chi connectivity index (χ3n) is 1.51. The minimum atomic E-state index is 1.75. The number of nitrogens with zero attached hydrogens (tertiary/aromatic N) is 1. The lowest BCUT2D eigenvalue weighted by molar-refractivity contribution is 1.20. The van der Waals surface area contributed by atoms with Crippen LogP contribution in [0.4, 0.5) is 0 Å². The van der Waals surface area contributed by atoms with E-state index >= 15 is 0 Å². The summed E-state index contributed by atoms with van der Waals surface area (Å²) in [6.07, 6.45) is 24.7. The largest absolute Gasteiger partial charge is 0.368 e. The molecule has 76 valence electrons. The third-order valence-corrected chi connectivity index (χ3v) is 1.51. The van der Waals surface area contributed by atoms with E-state index in [-0.39, 0.29) is 0 Å². The van der Waals surface area contributed by atoms with Crippen molar-refractivity contribution in [1.82, 2.24) is 5.32 Å². The van der Waals surface area contributed by atoms with Crippen LogP contribution in [0.1, 0.15) is 0 Å². The van der Waals surface area contributed by atoms with Gasteiger partial charge in [0.1, 0.15) is 0 Å². The fraction of sp³-hybridized carbons (Fsp3) is 0. The average molecular weight is 198 g/mol. The summed E-state index contributed by atoms with van der Waals surface area (Å²) in [4.78, 5) is 3.89. The van der Waals surface area contributed by atoms with Crippen molar-refractivity contribution in [2.24, 2.45) is 4.99 Å². The Morgan fingerprint density at radius 3 is 2.00 bits per heavy atom. The fourth-order valence-electron chi connectivity index (χ4n) is 0.847. The van der Waals surface area contributed by atoms with E-state index in [2.05, 4.69) is 10.3 Å². The quantitative estimate of drug-likeness (QED) is 0.636. The highest BCUT2D eigenvalue weighted by Crippen LogP contribution is 1.83. The number of allylic oxidation sites excluding steroid dienone is 9. The van der Waals surface area contributed by atoms with Gasteiger partial charge in [0.05, 0.1) is 0 Å². The molecule has 2 rings (SSSR count). The molecule has 2 aliphatic rings. The topological polar surface area (TPSA) is 24.4 Å². The van der Waals surface area contributed by atoms with E-state index in [9.17, 15) is 0 Å². The van der Waals surface area contributed by atoms with Gasteiger partial charge in [-0.1, -0.05) is 30.4 Å². The first-order valence-electron chi connectivity index (χ1n) is 4.76. The minimum absolute atomic E-state index is 1.75. The molecule has 2 heterocycles. The molecule has 0 radical (unpaired) electrons. The molecule has 0 aromatic heterocycles. The van der Waals surface area contributed by atoms with Crippen LogP contribution in [0, 0.1) is 0 Å². The van der Waals surface area contributed by atoms with Gasteiger partial charge in [0.15, 0.2) is 0 Å². The lowest BCUT2D eigenvalue weighted by atomic mass is 10.4. The molecule has 2 aliphatic heterocycles. The molecule has 0 atom stereocenters. The smallest absolute Gasteiger partial charge is 0.0267 e. The van der Waals surface area contributed by atoms with Crippen LogP contribution in [0.25, 0.3) is 0 Å². The van der Waals surface area contributed by atoms with Crippen molar-refractivity contribution in [2.45, 2.75) is 0 Å². The number of aliphatic imine (C=N–C) groups is 1. The Morgan fingerprint density at radius 2 is 1.20 bits per heavy atom. The Balaban J connectivity index is 0.000000151. The zero-order valence-corrected chi connectivity index (χ0v) is 8.45. The van der Waals surface area contributed by atoms with Gasteiger partial charge in [0, 0.05) is 24.8 Å². The molecule has 0 amide bonds. The summed E-state index contributed by atoms with van der Waals surface area (Å²) in [7, 11) is 0. The summed E-state index contributed by atoms with van der Waals surface area (Å²) in [6, 6.07) is 0.